The van der Waals surface area contributed by atoms with Gasteiger partial charge in [0.05, 0.1) is 13.2 Å². The minimum absolute atomic E-state index is 0.262. The van der Waals surface area contributed by atoms with E-state index in [0.29, 0.717) is 13.2 Å². The second kappa shape index (κ2) is 4.65. The number of aromatic amines is 1. The van der Waals surface area contributed by atoms with Crippen LogP contribution in [-0.2, 0) is 11.3 Å². The highest BCUT2D eigenvalue weighted by Gasteiger charge is 2.14. The fourth-order valence-electron chi connectivity index (χ4n) is 1.36. The zero-order valence-corrected chi connectivity index (χ0v) is 9.01. The highest BCUT2D eigenvalue weighted by Crippen LogP contribution is 2.02. The monoisotopic (exact) mass is 219 g/mol. The fraction of sp³-hybridized carbons (Fsp3) is 0.273. The minimum Gasteiger partial charge on any atom is -0.460 e. The number of esters is 1. The van der Waals surface area contributed by atoms with Crippen LogP contribution in [0.25, 0.3) is 0 Å². The molecule has 0 bridgehead atoms. The molecule has 0 aliphatic carbocycles. The Morgan fingerprint density at radius 1 is 1.44 bits per heavy atom. The SMILES string of the molecule is CCOC(=O)c1nn(Cc2ccccc2)[nH]1. The third kappa shape index (κ3) is 2.31. The molecule has 0 unspecified atom stereocenters. The van der Waals surface area contributed by atoms with Gasteiger partial charge >= 0.3 is 5.97 Å². The first-order chi connectivity index (χ1) is 7.79. The summed E-state index contributed by atoms with van der Waals surface area (Å²) in [6.07, 6.45) is 0. The van der Waals surface area contributed by atoms with Crippen molar-refractivity contribution in [2.75, 3.05) is 6.61 Å². The summed E-state index contributed by atoms with van der Waals surface area (Å²) >= 11 is 0. The van der Waals surface area contributed by atoms with Crippen molar-refractivity contribution < 1.29 is 9.53 Å². The van der Waals surface area contributed by atoms with Gasteiger partial charge in [0.2, 0.25) is 0 Å². The van der Waals surface area contributed by atoms with Gasteiger partial charge in [0.1, 0.15) is 0 Å². The number of hydrogen-bond acceptors (Lipinski definition) is 3. The molecule has 2 rings (SSSR count). The average Bonchev–Trinajstić information content (AvgIpc) is 2.24. The third-order valence-electron chi connectivity index (χ3n) is 2.10. The third-order valence-corrected chi connectivity index (χ3v) is 2.10. The van der Waals surface area contributed by atoms with Crippen molar-refractivity contribution in [3.8, 4) is 0 Å². The van der Waals surface area contributed by atoms with E-state index in [0.717, 1.165) is 5.56 Å². The van der Waals surface area contributed by atoms with Gasteiger partial charge in [0.15, 0.2) is 0 Å². The molecule has 0 radical (unpaired) electrons. The number of nitrogens with one attached hydrogen (secondary N) is 1. The maximum Gasteiger partial charge on any atom is 0.377 e. The molecule has 0 amide bonds. The molecular formula is C11H13N3O2. The van der Waals surface area contributed by atoms with E-state index in [2.05, 4.69) is 10.2 Å². The Kier molecular flexibility index (Phi) is 3.05. The van der Waals surface area contributed by atoms with E-state index >= 15 is 0 Å². The van der Waals surface area contributed by atoms with E-state index < -0.39 is 5.97 Å². The fourth-order valence-corrected chi connectivity index (χ4v) is 1.36. The van der Waals surface area contributed by atoms with Crippen LogP contribution in [-0.4, -0.2) is 27.6 Å². The Bertz CT molecular complexity index is 447. The molecule has 1 aromatic heterocycles. The molecule has 0 fully saturated rings. The summed E-state index contributed by atoms with van der Waals surface area (Å²) in [5.41, 5.74) is 1.13. The zero-order chi connectivity index (χ0) is 11.4. The van der Waals surface area contributed by atoms with E-state index in [-0.39, 0.29) is 5.82 Å². The number of ether oxygens (including phenoxy) is 1. The normalized spacial score (nSPS) is 10.3. The van der Waals surface area contributed by atoms with Crippen LogP contribution in [0.5, 0.6) is 0 Å². The number of carbonyl (C=O) groups is 1. The van der Waals surface area contributed by atoms with Crippen LogP contribution in [0.15, 0.2) is 30.3 Å². The van der Waals surface area contributed by atoms with Gasteiger partial charge in [0, 0.05) is 0 Å². The largest absolute Gasteiger partial charge is 0.460 e. The summed E-state index contributed by atoms with van der Waals surface area (Å²) in [4.78, 5) is 12.8. The second-order valence-corrected chi connectivity index (χ2v) is 3.32. The number of nitrogens with zero attached hydrogens (tertiary/aromatic N) is 2. The number of rotatable bonds is 4. The summed E-state index contributed by atoms with van der Waals surface area (Å²) in [6, 6.07) is 9.88. The number of hydrogen-bond donors (Lipinski definition) is 1. The Labute approximate surface area is 93.0 Å². The summed E-state index contributed by atoms with van der Waals surface area (Å²) < 4.78 is 4.79. The van der Waals surface area contributed by atoms with Crippen LogP contribution < -0.4 is 0 Å². The van der Waals surface area contributed by atoms with Gasteiger partial charge in [-0.25, -0.2) is 4.79 Å². The molecule has 0 saturated carbocycles. The summed E-state index contributed by atoms with van der Waals surface area (Å²) in [7, 11) is 0. The van der Waals surface area contributed by atoms with Gasteiger partial charge in [-0.2, -0.15) is 4.80 Å². The van der Waals surface area contributed by atoms with Gasteiger partial charge in [0.25, 0.3) is 5.82 Å². The molecule has 0 spiro atoms. The lowest BCUT2D eigenvalue weighted by molar-refractivity contribution is 0.0492. The molecule has 0 aliphatic heterocycles. The lowest BCUT2D eigenvalue weighted by atomic mass is 10.2. The Morgan fingerprint density at radius 2 is 2.12 bits per heavy atom. The van der Waals surface area contributed by atoms with Crippen LogP contribution in [0.2, 0.25) is 0 Å². The van der Waals surface area contributed by atoms with Crippen LogP contribution >= 0.6 is 0 Å². The average molecular weight is 219 g/mol. The van der Waals surface area contributed by atoms with E-state index in [1.165, 1.54) is 0 Å². The quantitative estimate of drug-likeness (QED) is 0.791. The van der Waals surface area contributed by atoms with Crippen LogP contribution in [0.1, 0.15) is 23.1 Å². The molecule has 1 N–H and O–H groups in total. The molecule has 5 nitrogen and oxygen atoms in total. The molecule has 5 heteroatoms. The first-order valence-corrected chi connectivity index (χ1v) is 5.13. The smallest absolute Gasteiger partial charge is 0.377 e. The predicted octanol–water partition coefficient (Wildman–Crippen LogP) is 1.44. The van der Waals surface area contributed by atoms with Gasteiger partial charge in [-0.3, -0.25) is 5.10 Å². The van der Waals surface area contributed by atoms with Crippen LogP contribution in [0, 0.1) is 0 Å². The van der Waals surface area contributed by atoms with Crippen molar-refractivity contribution in [2.24, 2.45) is 0 Å². The molecule has 1 heterocycles. The Balaban J connectivity index is 1.94. The van der Waals surface area contributed by atoms with Crippen molar-refractivity contribution in [1.29, 1.82) is 0 Å². The summed E-state index contributed by atoms with van der Waals surface area (Å²) in [6.45, 7) is 2.75. The van der Waals surface area contributed by atoms with E-state index in [4.69, 9.17) is 4.74 Å². The van der Waals surface area contributed by atoms with Crippen molar-refractivity contribution >= 4 is 5.97 Å². The molecule has 16 heavy (non-hydrogen) atoms. The van der Waals surface area contributed by atoms with Crippen molar-refractivity contribution in [3.05, 3.63) is 41.7 Å². The van der Waals surface area contributed by atoms with E-state index in [1.807, 2.05) is 30.3 Å². The molecule has 0 aliphatic rings. The molecule has 0 saturated heterocycles. The van der Waals surface area contributed by atoms with Gasteiger partial charge in [-0.1, -0.05) is 30.3 Å². The maximum absolute atomic E-state index is 11.2. The molecule has 1 aromatic carbocycles. The number of benzene rings is 1. The Morgan fingerprint density at radius 3 is 2.75 bits per heavy atom. The Hall–Kier alpha value is -2.04. The zero-order valence-electron chi connectivity index (χ0n) is 9.01. The lowest BCUT2D eigenvalue weighted by Crippen LogP contribution is -2.24. The maximum atomic E-state index is 11.2. The number of aromatic nitrogens is 3. The topological polar surface area (TPSA) is 59.9 Å². The van der Waals surface area contributed by atoms with Crippen molar-refractivity contribution in [2.45, 2.75) is 13.5 Å². The van der Waals surface area contributed by atoms with Gasteiger partial charge in [-0.05, 0) is 12.5 Å². The highest BCUT2D eigenvalue weighted by molar-refractivity contribution is 5.84. The van der Waals surface area contributed by atoms with Crippen LogP contribution in [0.3, 0.4) is 0 Å². The van der Waals surface area contributed by atoms with Gasteiger partial charge in [-0.15, -0.1) is 5.10 Å². The lowest BCUT2D eigenvalue weighted by Gasteiger charge is -2.12. The number of carbonyl (C=O) groups excluding carboxylic acids is 1. The first-order valence-electron chi connectivity index (χ1n) is 5.13. The standard InChI is InChI=1S/C11H13N3O2/c1-2-16-11(15)10-12-14(13-10)8-9-6-4-3-5-7-9/h3-7H,2,8H2,1H3,(H,12,13). The summed E-state index contributed by atoms with van der Waals surface area (Å²) in [5, 5.41) is 6.82. The minimum atomic E-state index is -0.410. The molecule has 84 valence electrons. The van der Waals surface area contributed by atoms with Gasteiger partial charge < -0.3 is 4.74 Å². The molecular weight excluding hydrogens is 206 g/mol. The number of H-pyrrole nitrogens is 1. The van der Waals surface area contributed by atoms with Crippen molar-refractivity contribution in [3.63, 3.8) is 0 Å². The predicted molar refractivity (Wildman–Crippen MR) is 58.1 cm³/mol. The van der Waals surface area contributed by atoms with Crippen molar-refractivity contribution in [1.82, 2.24) is 15.0 Å². The van der Waals surface area contributed by atoms with E-state index in [1.54, 1.807) is 11.7 Å². The van der Waals surface area contributed by atoms with Crippen LogP contribution in [0.4, 0.5) is 0 Å². The first kappa shape index (κ1) is 10.5. The second-order valence-electron chi connectivity index (χ2n) is 3.32. The summed E-state index contributed by atoms with van der Waals surface area (Å²) in [5.74, 6) is -0.149. The molecule has 2 aromatic rings. The van der Waals surface area contributed by atoms with E-state index in [9.17, 15) is 4.79 Å². The molecule has 0 atom stereocenters. The highest BCUT2D eigenvalue weighted by atomic mass is 16.5.